The number of hydrogen-bond acceptors (Lipinski definition) is 8. The standard InChI is InChI=1S/C39H41Cl2N3O7/c1-49-35-11-9-27(17-36(35)50-2)30(18-32-33(40)21-44(48)22-34(32)41)31-16-24(8-10-29(31)38(45)46)19-42-37(26-6-4-3-5-7-26)39(47)51-23-28-20-43-14-12-25(28)13-15-43/h3-11,16-17,21-22,25,28,30,37,42H,12-15,18-20,23H2,1-2H3,(H,45,46)/t28-,30-,37?/m0/s1. The van der Waals surface area contributed by atoms with E-state index in [0.29, 0.717) is 51.4 Å². The fourth-order valence-corrected chi connectivity index (χ4v) is 7.96. The van der Waals surface area contributed by atoms with Crippen molar-refractivity contribution in [2.75, 3.05) is 40.5 Å². The third-order valence-electron chi connectivity index (χ3n) is 10.1. The fraction of sp³-hybridized carbons (Fsp3) is 0.359. The normalized spacial score (nSPS) is 19.3. The number of rotatable bonds is 14. The molecule has 3 fully saturated rings. The van der Waals surface area contributed by atoms with Crippen LogP contribution in [-0.4, -0.2) is 62.4 Å². The molecule has 3 aliphatic rings. The summed E-state index contributed by atoms with van der Waals surface area (Å²) in [5.41, 5.74) is 3.28. The molecule has 10 nitrogen and oxygen atoms in total. The molecule has 268 valence electrons. The molecule has 12 heteroatoms. The molecule has 4 heterocycles. The molecule has 0 radical (unpaired) electrons. The molecule has 0 aliphatic carbocycles. The Balaban J connectivity index is 1.32. The number of aromatic carboxylic acids is 1. The molecule has 1 aromatic heterocycles. The number of aromatic nitrogens is 1. The molecule has 2 bridgehead atoms. The molecule has 7 rings (SSSR count). The Morgan fingerprint density at radius 2 is 1.67 bits per heavy atom. The lowest BCUT2D eigenvalue weighted by Crippen LogP contribution is -2.49. The van der Waals surface area contributed by atoms with Crippen LogP contribution in [0.25, 0.3) is 0 Å². The Morgan fingerprint density at radius 1 is 0.961 bits per heavy atom. The third kappa shape index (κ3) is 8.42. The maximum atomic E-state index is 13.7. The van der Waals surface area contributed by atoms with Gasteiger partial charge in [0.1, 0.15) is 16.1 Å². The van der Waals surface area contributed by atoms with E-state index in [1.807, 2.05) is 42.5 Å². The molecule has 0 saturated carbocycles. The molecular formula is C39H41Cl2N3O7. The number of carboxylic acid groups (broad SMARTS) is 1. The number of carboxylic acids is 1. The van der Waals surface area contributed by atoms with Crippen LogP contribution in [0.3, 0.4) is 0 Å². The summed E-state index contributed by atoms with van der Waals surface area (Å²) in [5.74, 6) is -0.185. The van der Waals surface area contributed by atoms with Crippen LogP contribution in [0.1, 0.15) is 63.0 Å². The maximum absolute atomic E-state index is 13.7. The number of nitrogens with one attached hydrogen (secondary N) is 1. The lowest BCUT2D eigenvalue weighted by molar-refractivity contribution is -0.605. The van der Waals surface area contributed by atoms with Crippen molar-refractivity contribution in [3.8, 4) is 11.5 Å². The quantitative estimate of drug-likeness (QED) is 0.0857. The Bertz CT molecular complexity index is 1840. The van der Waals surface area contributed by atoms with Crippen LogP contribution in [0.5, 0.6) is 11.5 Å². The Labute approximate surface area is 307 Å². The first-order valence-electron chi connectivity index (χ1n) is 17.0. The summed E-state index contributed by atoms with van der Waals surface area (Å²) in [7, 11) is 3.06. The van der Waals surface area contributed by atoms with Gasteiger partial charge in [0.15, 0.2) is 23.9 Å². The van der Waals surface area contributed by atoms with Gasteiger partial charge in [0.25, 0.3) is 0 Å². The van der Waals surface area contributed by atoms with Gasteiger partial charge < -0.3 is 29.4 Å². The minimum absolute atomic E-state index is 0.0807. The number of methoxy groups -OCH3 is 2. The molecular weight excluding hydrogens is 693 g/mol. The number of carbonyl (C=O) groups excluding carboxylic acids is 1. The fourth-order valence-electron chi connectivity index (χ4n) is 7.36. The number of esters is 1. The van der Waals surface area contributed by atoms with Crippen molar-refractivity contribution in [1.29, 1.82) is 0 Å². The predicted octanol–water partition coefficient (Wildman–Crippen LogP) is 6.43. The Hall–Kier alpha value is -4.35. The zero-order chi connectivity index (χ0) is 36.1. The zero-order valence-electron chi connectivity index (χ0n) is 28.5. The van der Waals surface area contributed by atoms with E-state index in [9.17, 15) is 19.9 Å². The molecule has 0 spiro atoms. The van der Waals surface area contributed by atoms with E-state index >= 15 is 0 Å². The second-order valence-corrected chi connectivity index (χ2v) is 14.0. The van der Waals surface area contributed by atoms with Crippen molar-refractivity contribution < 1.29 is 33.6 Å². The van der Waals surface area contributed by atoms with Gasteiger partial charge in [-0.25, -0.2) is 9.59 Å². The zero-order valence-corrected chi connectivity index (χ0v) is 30.0. The number of nitrogens with zero attached hydrogens (tertiary/aromatic N) is 2. The topological polar surface area (TPSA) is 124 Å². The second kappa shape index (κ2) is 16.3. The smallest absolute Gasteiger partial charge is 0.335 e. The summed E-state index contributed by atoms with van der Waals surface area (Å²) in [6, 6.07) is 19.2. The highest BCUT2D eigenvalue weighted by Gasteiger charge is 2.35. The van der Waals surface area contributed by atoms with Gasteiger partial charge >= 0.3 is 11.9 Å². The average Bonchev–Trinajstić information content (AvgIpc) is 3.14. The molecule has 3 aliphatic heterocycles. The van der Waals surface area contributed by atoms with Crippen LogP contribution in [0.15, 0.2) is 79.1 Å². The summed E-state index contributed by atoms with van der Waals surface area (Å²) in [5, 5.41) is 26.1. The van der Waals surface area contributed by atoms with E-state index in [1.165, 1.54) is 26.6 Å². The molecule has 51 heavy (non-hydrogen) atoms. The lowest BCUT2D eigenvalue weighted by Gasteiger charge is -2.44. The number of ether oxygens (including phenoxy) is 3. The molecule has 3 aromatic carbocycles. The number of hydrogen-bond donors (Lipinski definition) is 2. The molecule has 1 unspecified atom stereocenters. The van der Waals surface area contributed by atoms with Crippen molar-refractivity contribution >= 4 is 35.1 Å². The summed E-state index contributed by atoms with van der Waals surface area (Å²) in [6.45, 7) is 3.81. The van der Waals surface area contributed by atoms with E-state index in [-0.39, 0.29) is 34.5 Å². The van der Waals surface area contributed by atoms with Crippen molar-refractivity contribution in [1.82, 2.24) is 10.2 Å². The van der Waals surface area contributed by atoms with E-state index < -0.39 is 17.9 Å². The Morgan fingerprint density at radius 3 is 2.29 bits per heavy atom. The third-order valence-corrected chi connectivity index (χ3v) is 10.8. The number of piperidine rings is 3. The SMILES string of the molecule is COc1ccc([C@H](Cc2c(Cl)c[n+]([O-])cc2Cl)c2cc(CNC(C(=O)OC[C@@H]3CN4CCC3CC4)c3ccccc3)ccc2C(=O)O)cc1OC. The van der Waals surface area contributed by atoms with E-state index in [4.69, 9.17) is 37.4 Å². The van der Waals surface area contributed by atoms with Crippen LogP contribution in [0.4, 0.5) is 0 Å². The second-order valence-electron chi connectivity index (χ2n) is 13.1. The molecule has 0 amide bonds. The van der Waals surface area contributed by atoms with Gasteiger partial charge in [0.05, 0.1) is 26.4 Å². The maximum Gasteiger partial charge on any atom is 0.335 e. The van der Waals surface area contributed by atoms with Gasteiger partial charge in [-0.15, -0.1) is 0 Å². The van der Waals surface area contributed by atoms with Crippen LogP contribution in [-0.2, 0) is 22.5 Å². The lowest BCUT2D eigenvalue weighted by atomic mass is 9.79. The van der Waals surface area contributed by atoms with E-state index in [2.05, 4.69) is 10.2 Å². The largest absolute Gasteiger partial charge is 0.619 e. The molecule has 4 aromatic rings. The van der Waals surface area contributed by atoms with Crippen molar-refractivity contribution in [3.05, 3.63) is 128 Å². The summed E-state index contributed by atoms with van der Waals surface area (Å²) in [4.78, 5) is 28.8. The number of carbonyl (C=O) groups is 2. The van der Waals surface area contributed by atoms with E-state index in [1.54, 1.807) is 24.3 Å². The first-order chi connectivity index (χ1) is 24.6. The summed E-state index contributed by atoms with van der Waals surface area (Å²) >= 11 is 13.1. The van der Waals surface area contributed by atoms with Crippen molar-refractivity contribution in [2.45, 2.75) is 37.8 Å². The van der Waals surface area contributed by atoms with E-state index in [0.717, 1.165) is 43.6 Å². The van der Waals surface area contributed by atoms with Crippen molar-refractivity contribution in [2.24, 2.45) is 11.8 Å². The van der Waals surface area contributed by atoms with Crippen LogP contribution >= 0.6 is 23.2 Å². The molecule has 3 atom stereocenters. The minimum Gasteiger partial charge on any atom is -0.619 e. The predicted molar refractivity (Wildman–Crippen MR) is 194 cm³/mol. The number of halogens is 2. The van der Waals surface area contributed by atoms with Gasteiger partial charge in [-0.05, 0) is 78.7 Å². The monoisotopic (exact) mass is 733 g/mol. The first kappa shape index (κ1) is 36.4. The van der Waals surface area contributed by atoms with Crippen molar-refractivity contribution in [3.63, 3.8) is 0 Å². The van der Waals surface area contributed by atoms with Gasteiger partial charge in [-0.1, -0.05) is 71.7 Å². The number of benzene rings is 3. The Kier molecular flexibility index (Phi) is 11.7. The highest BCUT2D eigenvalue weighted by atomic mass is 35.5. The van der Waals surface area contributed by atoms with Gasteiger partial charge in [-0.2, -0.15) is 4.73 Å². The van der Waals surface area contributed by atoms with Gasteiger partial charge in [0, 0.05) is 30.5 Å². The molecule has 2 N–H and O–H groups in total. The van der Waals surface area contributed by atoms with Gasteiger partial charge in [-0.3, -0.25) is 5.32 Å². The number of pyridine rings is 1. The first-order valence-corrected chi connectivity index (χ1v) is 17.7. The average molecular weight is 735 g/mol. The highest BCUT2D eigenvalue weighted by molar-refractivity contribution is 6.35. The summed E-state index contributed by atoms with van der Waals surface area (Å²) < 4.78 is 17.5. The van der Waals surface area contributed by atoms with Gasteiger partial charge in [0.2, 0.25) is 0 Å². The number of fused-ring (bicyclic) bond motifs is 3. The summed E-state index contributed by atoms with van der Waals surface area (Å²) in [6.07, 6.45) is 4.88. The van der Waals surface area contributed by atoms with Crippen LogP contribution < -0.4 is 19.5 Å². The van der Waals surface area contributed by atoms with Crippen LogP contribution in [0, 0.1) is 17.0 Å². The minimum atomic E-state index is -1.11. The highest BCUT2D eigenvalue weighted by Crippen LogP contribution is 2.39. The molecule has 3 saturated heterocycles. The van der Waals surface area contributed by atoms with Crippen LogP contribution in [0.2, 0.25) is 10.0 Å².